The maximum atomic E-state index is 12.1. The van der Waals surface area contributed by atoms with Gasteiger partial charge in [-0.05, 0) is 45.3 Å². The molecule has 5 nitrogen and oxygen atoms in total. The average Bonchev–Trinajstić information content (AvgIpc) is 2.29. The number of halogens is 3. The third-order valence-electron chi connectivity index (χ3n) is 3.27. The van der Waals surface area contributed by atoms with Crippen LogP contribution in [0.25, 0.3) is 0 Å². The molecule has 0 aromatic rings. The van der Waals surface area contributed by atoms with Crippen molar-refractivity contribution in [1.29, 1.82) is 0 Å². The van der Waals surface area contributed by atoms with E-state index in [-0.39, 0.29) is 12.3 Å². The molecule has 0 spiro atoms. The lowest BCUT2D eigenvalue weighted by Crippen LogP contribution is -2.48. The van der Waals surface area contributed by atoms with Crippen LogP contribution >= 0.6 is 0 Å². The van der Waals surface area contributed by atoms with Crippen LogP contribution in [0.2, 0.25) is 0 Å². The van der Waals surface area contributed by atoms with Gasteiger partial charge in [0, 0.05) is 0 Å². The second kappa shape index (κ2) is 6.23. The number of carboxylic acid groups (broad SMARTS) is 1. The van der Waals surface area contributed by atoms with Gasteiger partial charge in [-0.1, -0.05) is 0 Å². The molecule has 0 saturated carbocycles. The fraction of sp³-hybridized carbons (Fsp3) is 0.818. The Hall–Kier alpha value is -1.31. The van der Waals surface area contributed by atoms with Crippen LogP contribution in [-0.2, 0) is 9.59 Å². The van der Waals surface area contributed by atoms with Crippen molar-refractivity contribution in [2.45, 2.75) is 31.5 Å². The van der Waals surface area contributed by atoms with Crippen molar-refractivity contribution in [3.8, 4) is 0 Å². The molecule has 8 heteroatoms. The Morgan fingerprint density at radius 1 is 1.37 bits per heavy atom. The molecular formula is C11H17F3N2O3. The first-order chi connectivity index (χ1) is 8.70. The molecule has 1 rings (SSSR count). The van der Waals surface area contributed by atoms with Crippen molar-refractivity contribution in [3.63, 3.8) is 0 Å². The van der Waals surface area contributed by atoms with Crippen molar-refractivity contribution in [1.82, 2.24) is 10.2 Å². The lowest BCUT2D eigenvalue weighted by atomic mass is 9.90. The number of carbonyl (C=O) groups excluding carboxylic acids is 1. The van der Waals surface area contributed by atoms with E-state index in [0.717, 1.165) is 25.9 Å². The molecule has 0 aromatic carbocycles. The number of nitrogens with zero attached hydrogens (tertiary/aromatic N) is 1. The summed E-state index contributed by atoms with van der Waals surface area (Å²) in [6, 6.07) is -1.48. The van der Waals surface area contributed by atoms with Gasteiger partial charge in [-0.2, -0.15) is 13.2 Å². The SMILES string of the molecule is CN1CCC(CC(NC(=O)C(F)(F)F)C(=O)O)CC1. The van der Waals surface area contributed by atoms with Crippen molar-refractivity contribution in [2.24, 2.45) is 5.92 Å². The quantitative estimate of drug-likeness (QED) is 0.802. The molecule has 1 aliphatic rings. The number of amides is 1. The van der Waals surface area contributed by atoms with E-state index >= 15 is 0 Å². The lowest BCUT2D eigenvalue weighted by molar-refractivity contribution is -0.175. The van der Waals surface area contributed by atoms with Gasteiger partial charge in [-0.3, -0.25) is 4.79 Å². The Bertz CT molecular complexity index is 339. The molecular weight excluding hydrogens is 265 g/mol. The number of alkyl halides is 3. The predicted molar refractivity (Wildman–Crippen MR) is 60.5 cm³/mol. The average molecular weight is 282 g/mol. The van der Waals surface area contributed by atoms with E-state index in [2.05, 4.69) is 4.90 Å². The lowest BCUT2D eigenvalue weighted by Gasteiger charge is -2.30. The standard InChI is InChI=1S/C11H17F3N2O3/c1-16-4-2-7(3-5-16)6-8(9(17)18)15-10(19)11(12,13)14/h7-8H,2-6H2,1H3,(H,15,19)(H,17,18). The van der Waals surface area contributed by atoms with Gasteiger partial charge in [0.15, 0.2) is 0 Å². The molecule has 1 heterocycles. The number of hydrogen-bond donors (Lipinski definition) is 2. The van der Waals surface area contributed by atoms with E-state index in [9.17, 15) is 22.8 Å². The second-order valence-corrected chi connectivity index (χ2v) is 4.84. The monoisotopic (exact) mass is 282 g/mol. The molecule has 0 radical (unpaired) electrons. The third kappa shape index (κ3) is 5.06. The molecule has 1 saturated heterocycles. The summed E-state index contributed by atoms with van der Waals surface area (Å²) in [4.78, 5) is 23.7. The van der Waals surface area contributed by atoms with Gasteiger partial charge in [-0.25, -0.2) is 4.79 Å². The Balaban J connectivity index is 2.54. The zero-order chi connectivity index (χ0) is 14.6. The first-order valence-corrected chi connectivity index (χ1v) is 5.99. The highest BCUT2D eigenvalue weighted by Gasteiger charge is 2.41. The Labute approximate surface area is 108 Å². The Kier molecular flexibility index (Phi) is 5.16. The highest BCUT2D eigenvalue weighted by Crippen LogP contribution is 2.22. The number of rotatable bonds is 4. The molecule has 2 N–H and O–H groups in total. The highest BCUT2D eigenvalue weighted by molar-refractivity contribution is 5.86. The number of carbonyl (C=O) groups is 2. The molecule has 1 amide bonds. The van der Waals surface area contributed by atoms with Crippen molar-refractivity contribution in [2.75, 3.05) is 20.1 Å². The van der Waals surface area contributed by atoms with Crippen LogP contribution in [-0.4, -0.2) is 54.2 Å². The van der Waals surface area contributed by atoms with E-state index < -0.39 is 24.1 Å². The minimum atomic E-state index is -5.06. The molecule has 1 aliphatic heterocycles. The predicted octanol–water partition coefficient (Wildman–Crippen LogP) is 0.850. The van der Waals surface area contributed by atoms with Crippen molar-refractivity contribution >= 4 is 11.9 Å². The maximum Gasteiger partial charge on any atom is 0.471 e. The second-order valence-electron chi connectivity index (χ2n) is 4.84. The Morgan fingerprint density at radius 2 is 1.89 bits per heavy atom. The van der Waals surface area contributed by atoms with Gasteiger partial charge in [0.1, 0.15) is 6.04 Å². The summed E-state index contributed by atoms with van der Waals surface area (Å²) in [5.74, 6) is -3.62. The summed E-state index contributed by atoms with van der Waals surface area (Å²) in [6.45, 7) is 1.56. The number of likely N-dealkylation sites (tertiary alicyclic amines) is 1. The summed E-state index contributed by atoms with van der Waals surface area (Å²) >= 11 is 0. The van der Waals surface area contributed by atoms with Crippen LogP contribution in [0.1, 0.15) is 19.3 Å². The minimum absolute atomic E-state index is 0.0193. The van der Waals surface area contributed by atoms with Gasteiger partial charge >= 0.3 is 18.1 Å². The molecule has 0 aromatic heterocycles. The molecule has 1 unspecified atom stereocenters. The number of nitrogens with one attached hydrogen (secondary N) is 1. The van der Waals surface area contributed by atoms with Crippen molar-refractivity contribution in [3.05, 3.63) is 0 Å². The van der Waals surface area contributed by atoms with Gasteiger partial charge in [0.05, 0.1) is 0 Å². The molecule has 19 heavy (non-hydrogen) atoms. The number of piperidine rings is 1. The Morgan fingerprint density at radius 3 is 2.32 bits per heavy atom. The maximum absolute atomic E-state index is 12.1. The van der Waals surface area contributed by atoms with E-state index in [1.807, 2.05) is 7.05 Å². The van der Waals surface area contributed by atoms with E-state index in [4.69, 9.17) is 5.11 Å². The number of carboxylic acids is 1. The van der Waals surface area contributed by atoms with Crippen LogP contribution in [0, 0.1) is 5.92 Å². The van der Waals surface area contributed by atoms with Gasteiger partial charge in [0.2, 0.25) is 0 Å². The largest absolute Gasteiger partial charge is 0.480 e. The van der Waals surface area contributed by atoms with Crippen LogP contribution in [0.4, 0.5) is 13.2 Å². The summed E-state index contributed by atoms with van der Waals surface area (Å²) < 4.78 is 36.3. The smallest absolute Gasteiger partial charge is 0.471 e. The van der Waals surface area contributed by atoms with E-state index in [1.54, 1.807) is 0 Å². The topological polar surface area (TPSA) is 69.6 Å². The van der Waals surface area contributed by atoms with Gasteiger partial charge < -0.3 is 15.3 Å². The fourth-order valence-corrected chi connectivity index (χ4v) is 2.09. The summed E-state index contributed by atoms with van der Waals surface area (Å²) in [6.07, 6.45) is -3.57. The van der Waals surface area contributed by atoms with Crippen LogP contribution < -0.4 is 5.32 Å². The summed E-state index contributed by atoms with van der Waals surface area (Å²) in [5.41, 5.74) is 0. The molecule has 1 atom stereocenters. The summed E-state index contributed by atoms with van der Waals surface area (Å²) in [5, 5.41) is 10.4. The normalized spacial score (nSPS) is 20.0. The van der Waals surface area contributed by atoms with Crippen LogP contribution in [0.5, 0.6) is 0 Å². The van der Waals surface area contributed by atoms with Crippen molar-refractivity contribution < 1.29 is 27.9 Å². The third-order valence-corrected chi connectivity index (χ3v) is 3.27. The van der Waals surface area contributed by atoms with Gasteiger partial charge in [0.25, 0.3) is 0 Å². The molecule has 0 bridgehead atoms. The highest BCUT2D eigenvalue weighted by atomic mass is 19.4. The zero-order valence-electron chi connectivity index (χ0n) is 10.5. The number of aliphatic carboxylic acids is 1. The fourth-order valence-electron chi connectivity index (χ4n) is 2.09. The number of hydrogen-bond acceptors (Lipinski definition) is 3. The molecule has 1 fully saturated rings. The first-order valence-electron chi connectivity index (χ1n) is 5.99. The zero-order valence-corrected chi connectivity index (χ0v) is 10.5. The molecule has 110 valence electrons. The van der Waals surface area contributed by atoms with Gasteiger partial charge in [-0.15, -0.1) is 0 Å². The summed E-state index contributed by atoms with van der Waals surface area (Å²) in [7, 11) is 1.93. The molecule has 0 aliphatic carbocycles. The van der Waals surface area contributed by atoms with E-state index in [1.165, 1.54) is 5.32 Å². The first kappa shape index (κ1) is 15.7. The van der Waals surface area contributed by atoms with Crippen LogP contribution in [0.15, 0.2) is 0 Å². The van der Waals surface area contributed by atoms with E-state index in [0.29, 0.717) is 0 Å². The minimum Gasteiger partial charge on any atom is -0.480 e. The van der Waals surface area contributed by atoms with Crippen LogP contribution in [0.3, 0.4) is 0 Å².